The van der Waals surface area contributed by atoms with Crippen LogP contribution in [0.3, 0.4) is 0 Å². The summed E-state index contributed by atoms with van der Waals surface area (Å²) in [4.78, 5) is 15.8. The molecule has 98 valence electrons. The average molecular weight is 247 g/mol. The number of nitrogens with two attached hydrogens (primary N) is 1. The maximum Gasteiger partial charge on any atom is 0.227 e. The van der Waals surface area contributed by atoms with Gasteiger partial charge in [-0.05, 0) is 37.1 Å². The zero-order chi connectivity index (χ0) is 13.0. The number of benzene rings is 1. The van der Waals surface area contributed by atoms with E-state index in [-0.39, 0.29) is 5.91 Å². The molecule has 0 aliphatic carbocycles. The molecule has 1 fully saturated rings. The van der Waals surface area contributed by atoms with Gasteiger partial charge in [0, 0.05) is 44.5 Å². The van der Waals surface area contributed by atoms with E-state index >= 15 is 0 Å². The lowest BCUT2D eigenvalue weighted by atomic mass is 10.2. The van der Waals surface area contributed by atoms with Gasteiger partial charge >= 0.3 is 0 Å². The molecule has 1 aromatic carbocycles. The van der Waals surface area contributed by atoms with E-state index in [1.165, 1.54) is 18.5 Å². The quantitative estimate of drug-likeness (QED) is 0.879. The van der Waals surface area contributed by atoms with Gasteiger partial charge in [0.2, 0.25) is 5.91 Å². The summed E-state index contributed by atoms with van der Waals surface area (Å²) < 4.78 is 0. The molecule has 18 heavy (non-hydrogen) atoms. The first-order valence-electron chi connectivity index (χ1n) is 6.54. The number of anilines is 2. The second kappa shape index (κ2) is 5.87. The van der Waals surface area contributed by atoms with E-state index in [4.69, 9.17) is 5.73 Å². The molecule has 1 aromatic rings. The van der Waals surface area contributed by atoms with Crippen LogP contribution in [0.5, 0.6) is 0 Å². The summed E-state index contributed by atoms with van der Waals surface area (Å²) in [7, 11) is 1.79. The molecule has 0 spiro atoms. The highest BCUT2D eigenvalue weighted by molar-refractivity contribution is 5.93. The van der Waals surface area contributed by atoms with Gasteiger partial charge < -0.3 is 15.5 Å². The summed E-state index contributed by atoms with van der Waals surface area (Å²) in [6.07, 6.45) is 2.94. The monoisotopic (exact) mass is 247 g/mol. The number of amides is 1. The minimum absolute atomic E-state index is 0.0615. The molecule has 4 heteroatoms. The Labute approximate surface area is 108 Å². The molecule has 0 saturated carbocycles. The first-order valence-corrected chi connectivity index (χ1v) is 6.54. The molecule has 4 nitrogen and oxygen atoms in total. The third kappa shape index (κ3) is 2.82. The number of rotatable bonds is 4. The van der Waals surface area contributed by atoms with Crippen LogP contribution in [0.25, 0.3) is 0 Å². The summed E-state index contributed by atoms with van der Waals surface area (Å²) in [6, 6.07) is 8.18. The second-order valence-electron chi connectivity index (χ2n) is 4.70. The Kier molecular flexibility index (Phi) is 4.20. The minimum atomic E-state index is 0.0615. The van der Waals surface area contributed by atoms with Crippen LogP contribution in [-0.4, -0.2) is 32.6 Å². The Morgan fingerprint density at radius 2 is 1.89 bits per heavy atom. The summed E-state index contributed by atoms with van der Waals surface area (Å²) in [5, 5.41) is 0. The highest BCUT2D eigenvalue weighted by Gasteiger charge is 2.13. The molecule has 0 unspecified atom stereocenters. The number of carbonyl (C=O) groups is 1. The Morgan fingerprint density at radius 1 is 1.28 bits per heavy atom. The number of hydrogen-bond donors (Lipinski definition) is 1. The van der Waals surface area contributed by atoms with Crippen LogP contribution in [0, 0.1) is 0 Å². The van der Waals surface area contributed by atoms with Crippen molar-refractivity contribution in [2.75, 3.05) is 36.5 Å². The van der Waals surface area contributed by atoms with E-state index in [1.807, 2.05) is 12.1 Å². The zero-order valence-corrected chi connectivity index (χ0v) is 10.9. The van der Waals surface area contributed by atoms with E-state index in [0.717, 1.165) is 18.8 Å². The number of carbonyl (C=O) groups excluding carboxylic acids is 1. The van der Waals surface area contributed by atoms with Crippen molar-refractivity contribution in [3.8, 4) is 0 Å². The van der Waals surface area contributed by atoms with Crippen LogP contribution in [-0.2, 0) is 4.79 Å². The van der Waals surface area contributed by atoms with Crippen molar-refractivity contribution in [1.29, 1.82) is 0 Å². The van der Waals surface area contributed by atoms with Gasteiger partial charge in [-0.2, -0.15) is 0 Å². The van der Waals surface area contributed by atoms with Crippen LogP contribution in [0.15, 0.2) is 24.3 Å². The largest absolute Gasteiger partial charge is 0.372 e. The van der Waals surface area contributed by atoms with Crippen molar-refractivity contribution in [2.24, 2.45) is 5.73 Å². The van der Waals surface area contributed by atoms with Crippen LogP contribution < -0.4 is 15.5 Å². The molecule has 1 aliphatic heterocycles. The van der Waals surface area contributed by atoms with Gasteiger partial charge in [-0.1, -0.05) is 0 Å². The Morgan fingerprint density at radius 3 is 2.44 bits per heavy atom. The summed E-state index contributed by atoms with van der Waals surface area (Å²) in [5.41, 5.74) is 7.57. The molecule has 0 bridgehead atoms. The lowest BCUT2D eigenvalue weighted by Gasteiger charge is -2.20. The lowest BCUT2D eigenvalue weighted by Crippen LogP contribution is -2.28. The van der Waals surface area contributed by atoms with Crippen molar-refractivity contribution in [1.82, 2.24) is 0 Å². The van der Waals surface area contributed by atoms with Crippen molar-refractivity contribution >= 4 is 17.3 Å². The van der Waals surface area contributed by atoms with Gasteiger partial charge in [0.05, 0.1) is 0 Å². The zero-order valence-electron chi connectivity index (χ0n) is 10.9. The van der Waals surface area contributed by atoms with Crippen molar-refractivity contribution in [3.63, 3.8) is 0 Å². The molecule has 1 aliphatic rings. The minimum Gasteiger partial charge on any atom is -0.372 e. The van der Waals surface area contributed by atoms with Crippen LogP contribution in [0.2, 0.25) is 0 Å². The summed E-state index contributed by atoms with van der Waals surface area (Å²) in [6.45, 7) is 2.68. The highest BCUT2D eigenvalue weighted by atomic mass is 16.2. The molecule has 0 atom stereocenters. The number of nitrogens with zero attached hydrogens (tertiary/aromatic N) is 2. The van der Waals surface area contributed by atoms with Crippen molar-refractivity contribution in [2.45, 2.75) is 19.3 Å². The predicted octanol–water partition coefficient (Wildman–Crippen LogP) is 1.60. The fourth-order valence-electron chi connectivity index (χ4n) is 2.30. The van der Waals surface area contributed by atoms with Crippen LogP contribution >= 0.6 is 0 Å². The summed E-state index contributed by atoms with van der Waals surface area (Å²) in [5.74, 6) is 0.0615. The van der Waals surface area contributed by atoms with Gasteiger partial charge in [-0.25, -0.2) is 0 Å². The van der Waals surface area contributed by atoms with Crippen LogP contribution in [0.1, 0.15) is 19.3 Å². The van der Waals surface area contributed by atoms with Gasteiger partial charge in [0.25, 0.3) is 0 Å². The Balaban J connectivity index is 2.04. The SMILES string of the molecule is CN(C(=O)CCN)c1ccc(N2CCCC2)cc1. The Hall–Kier alpha value is -1.55. The first kappa shape index (κ1) is 12.9. The van der Waals surface area contributed by atoms with E-state index in [2.05, 4.69) is 17.0 Å². The molecule has 1 amide bonds. The fourth-order valence-corrected chi connectivity index (χ4v) is 2.30. The smallest absolute Gasteiger partial charge is 0.227 e. The molecule has 2 N–H and O–H groups in total. The van der Waals surface area contributed by atoms with Gasteiger partial charge in [-0.3, -0.25) is 4.79 Å². The molecule has 1 saturated heterocycles. The van der Waals surface area contributed by atoms with Crippen molar-refractivity contribution in [3.05, 3.63) is 24.3 Å². The van der Waals surface area contributed by atoms with Crippen LogP contribution in [0.4, 0.5) is 11.4 Å². The maximum absolute atomic E-state index is 11.7. The molecule has 0 aromatic heterocycles. The normalized spacial score (nSPS) is 14.9. The van der Waals surface area contributed by atoms with Gasteiger partial charge in [0.15, 0.2) is 0 Å². The predicted molar refractivity (Wildman–Crippen MR) is 75.0 cm³/mol. The van der Waals surface area contributed by atoms with E-state index in [9.17, 15) is 4.79 Å². The molecular weight excluding hydrogens is 226 g/mol. The molecular formula is C14H21N3O. The van der Waals surface area contributed by atoms with E-state index < -0.39 is 0 Å². The highest BCUT2D eigenvalue weighted by Crippen LogP contribution is 2.23. The van der Waals surface area contributed by atoms with Gasteiger partial charge in [0.1, 0.15) is 0 Å². The first-order chi connectivity index (χ1) is 8.72. The van der Waals surface area contributed by atoms with Gasteiger partial charge in [-0.15, -0.1) is 0 Å². The van der Waals surface area contributed by atoms with E-state index in [1.54, 1.807) is 11.9 Å². The second-order valence-corrected chi connectivity index (χ2v) is 4.70. The van der Waals surface area contributed by atoms with Crippen molar-refractivity contribution < 1.29 is 4.79 Å². The lowest BCUT2D eigenvalue weighted by molar-refractivity contribution is -0.118. The average Bonchev–Trinajstić information content (AvgIpc) is 2.92. The van der Waals surface area contributed by atoms with E-state index in [0.29, 0.717) is 13.0 Å². The topological polar surface area (TPSA) is 49.6 Å². The third-order valence-corrected chi connectivity index (χ3v) is 3.44. The molecule has 0 radical (unpaired) electrons. The third-order valence-electron chi connectivity index (χ3n) is 3.44. The Bertz CT molecular complexity index is 396. The summed E-state index contributed by atoms with van der Waals surface area (Å²) >= 11 is 0. The fraction of sp³-hybridized carbons (Fsp3) is 0.500. The molecule has 1 heterocycles. The number of hydrogen-bond acceptors (Lipinski definition) is 3. The molecule has 2 rings (SSSR count). The maximum atomic E-state index is 11.7. The standard InChI is InChI=1S/C14H21N3O/c1-16(14(18)8-9-15)12-4-6-13(7-5-12)17-10-2-3-11-17/h4-7H,2-3,8-11,15H2,1H3.